The summed E-state index contributed by atoms with van der Waals surface area (Å²) in [7, 11) is 1.79. The van der Waals surface area contributed by atoms with E-state index >= 15 is 0 Å². The smallest absolute Gasteiger partial charge is 0.236 e. The number of thioether (sulfide) groups is 1. The molecule has 1 amide bonds. The van der Waals surface area contributed by atoms with Gasteiger partial charge in [0, 0.05) is 24.2 Å². The third kappa shape index (κ3) is 4.26. The van der Waals surface area contributed by atoms with Crippen molar-refractivity contribution in [3.05, 3.63) is 59.7 Å². The van der Waals surface area contributed by atoms with Crippen molar-refractivity contribution >= 4 is 29.0 Å². The Hall–Kier alpha value is -1.94. The molecule has 2 aromatic carbocycles. The van der Waals surface area contributed by atoms with Crippen LogP contribution < -0.4 is 10.6 Å². The standard InChI is InChI=1S/C17H20N2OS/c1-13-5-3-4-6-14(13)11-21-12-17(20)19(2)16-9-7-15(18)8-10-16/h3-10H,11-12,18H2,1-2H3. The number of hydrogen-bond donors (Lipinski definition) is 1. The summed E-state index contributed by atoms with van der Waals surface area (Å²) in [5.74, 6) is 1.42. The summed E-state index contributed by atoms with van der Waals surface area (Å²) in [6, 6.07) is 15.6. The van der Waals surface area contributed by atoms with Crippen LogP contribution in [-0.2, 0) is 10.5 Å². The number of hydrogen-bond acceptors (Lipinski definition) is 3. The number of benzene rings is 2. The molecule has 3 nitrogen and oxygen atoms in total. The van der Waals surface area contributed by atoms with E-state index < -0.39 is 0 Å². The fourth-order valence-electron chi connectivity index (χ4n) is 1.96. The Morgan fingerprint density at radius 1 is 1.14 bits per heavy atom. The molecule has 0 spiro atoms. The lowest BCUT2D eigenvalue weighted by atomic mass is 10.1. The monoisotopic (exact) mass is 300 g/mol. The molecule has 110 valence electrons. The summed E-state index contributed by atoms with van der Waals surface area (Å²) >= 11 is 1.64. The van der Waals surface area contributed by atoms with Crippen LogP contribution >= 0.6 is 11.8 Å². The van der Waals surface area contributed by atoms with Gasteiger partial charge < -0.3 is 10.6 Å². The predicted octanol–water partition coefficient (Wildman–Crippen LogP) is 3.47. The Bertz CT molecular complexity index is 610. The average Bonchev–Trinajstić information content (AvgIpc) is 2.49. The fourth-order valence-corrected chi connectivity index (χ4v) is 2.97. The highest BCUT2D eigenvalue weighted by atomic mass is 32.2. The highest BCUT2D eigenvalue weighted by Gasteiger charge is 2.11. The zero-order valence-electron chi connectivity index (χ0n) is 12.4. The maximum Gasteiger partial charge on any atom is 0.236 e. The summed E-state index contributed by atoms with van der Waals surface area (Å²) < 4.78 is 0. The van der Waals surface area contributed by atoms with E-state index in [0.717, 1.165) is 11.4 Å². The van der Waals surface area contributed by atoms with Crippen molar-refractivity contribution in [1.29, 1.82) is 0 Å². The van der Waals surface area contributed by atoms with Gasteiger partial charge in [-0.05, 0) is 42.3 Å². The second-order valence-electron chi connectivity index (χ2n) is 4.96. The topological polar surface area (TPSA) is 46.3 Å². The molecule has 0 saturated heterocycles. The zero-order valence-corrected chi connectivity index (χ0v) is 13.2. The van der Waals surface area contributed by atoms with Crippen LogP contribution in [0.15, 0.2) is 48.5 Å². The second-order valence-corrected chi connectivity index (χ2v) is 5.95. The van der Waals surface area contributed by atoms with Gasteiger partial charge >= 0.3 is 0 Å². The number of nitrogens with zero attached hydrogens (tertiary/aromatic N) is 1. The molecule has 0 aliphatic rings. The number of nitrogen functional groups attached to an aromatic ring is 1. The molecule has 0 unspecified atom stereocenters. The van der Waals surface area contributed by atoms with Crippen molar-refractivity contribution in [2.45, 2.75) is 12.7 Å². The quantitative estimate of drug-likeness (QED) is 0.860. The van der Waals surface area contributed by atoms with Crippen LogP contribution in [0.25, 0.3) is 0 Å². The number of amides is 1. The van der Waals surface area contributed by atoms with Crippen LogP contribution in [0.1, 0.15) is 11.1 Å². The molecule has 0 aliphatic heterocycles. The average molecular weight is 300 g/mol. The van der Waals surface area contributed by atoms with Crippen LogP contribution in [0.3, 0.4) is 0 Å². The van der Waals surface area contributed by atoms with Gasteiger partial charge in [-0.15, -0.1) is 11.8 Å². The van der Waals surface area contributed by atoms with Gasteiger partial charge in [0.1, 0.15) is 0 Å². The predicted molar refractivity (Wildman–Crippen MR) is 91.6 cm³/mol. The molecule has 2 rings (SSSR count). The first-order valence-electron chi connectivity index (χ1n) is 6.82. The van der Waals surface area contributed by atoms with E-state index in [9.17, 15) is 4.79 Å². The SMILES string of the molecule is Cc1ccccc1CSCC(=O)N(C)c1ccc(N)cc1. The Kier molecular flexibility index (Phi) is 5.28. The minimum Gasteiger partial charge on any atom is -0.399 e. The Morgan fingerprint density at radius 3 is 2.48 bits per heavy atom. The number of rotatable bonds is 5. The summed E-state index contributed by atoms with van der Waals surface area (Å²) in [4.78, 5) is 13.8. The molecule has 0 bridgehead atoms. The first-order chi connectivity index (χ1) is 10.1. The number of aryl methyl sites for hydroxylation is 1. The minimum absolute atomic E-state index is 0.0957. The Balaban J connectivity index is 1.87. The molecule has 21 heavy (non-hydrogen) atoms. The van der Waals surface area contributed by atoms with Gasteiger partial charge in [-0.1, -0.05) is 24.3 Å². The number of carbonyl (C=O) groups excluding carboxylic acids is 1. The number of anilines is 2. The van der Waals surface area contributed by atoms with Gasteiger partial charge in [0.25, 0.3) is 0 Å². The Labute approximate surface area is 130 Å². The van der Waals surface area contributed by atoms with E-state index in [-0.39, 0.29) is 5.91 Å². The van der Waals surface area contributed by atoms with Crippen LogP contribution in [0.4, 0.5) is 11.4 Å². The van der Waals surface area contributed by atoms with Crippen LogP contribution in [0, 0.1) is 6.92 Å². The summed E-state index contributed by atoms with van der Waals surface area (Å²) in [5.41, 5.74) is 9.77. The lowest BCUT2D eigenvalue weighted by Gasteiger charge is -2.17. The van der Waals surface area contributed by atoms with E-state index in [1.54, 1.807) is 35.8 Å². The van der Waals surface area contributed by atoms with Gasteiger partial charge in [0.15, 0.2) is 0 Å². The summed E-state index contributed by atoms with van der Waals surface area (Å²) in [6.07, 6.45) is 0. The van der Waals surface area contributed by atoms with Crippen molar-refractivity contribution < 1.29 is 4.79 Å². The summed E-state index contributed by atoms with van der Waals surface area (Å²) in [5, 5.41) is 0. The molecule has 0 aliphatic carbocycles. The van der Waals surface area contributed by atoms with Crippen molar-refractivity contribution in [1.82, 2.24) is 0 Å². The molecule has 2 aromatic rings. The van der Waals surface area contributed by atoms with Crippen molar-refractivity contribution in [2.75, 3.05) is 23.4 Å². The molecule has 4 heteroatoms. The van der Waals surface area contributed by atoms with Crippen molar-refractivity contribution in [3.63, 3.8) is 0 Å². The van der Waals surface area contributed by atoms with Gasteiger partial charge in [-0.2, -0.15) is 0 Å². The zero-order chi connectivity index (χ0) is 15.2. The molecule has 0 fully saturated rings. The normalized spacial score (nSPS) is 10.4. The molecular weight excluding hydrogens is 280 g/mol. The lowest BCUT2D eigenvalue weighted by molar-refractivity contribution is -0.115. The van der Waals surface area contributed by atoms with E-state index in [1.165, 1.54) is 11.1 Å². The molecular formula is C17H20N2OS. The number of carbonyl (C=O) groups is 1. The van der Waals surface area contributed by atoms with E-state index in [1.807, 2.05) is 24.3 Å². The first-order valence-corrected chi connectivity index (χ1v) is 7.98. The van der Waals surface area contributed by atoms with E-state index in [4.69, 9.17) is 5.73 Å². The first kappa shape index (κ1) is 15.4. The van der Waals surface area contributed by atoms with Gasteiger partial charge in [-0.25, -0.2) is 0 Å². The van der Waals surface area contributed by atoms with Crippen LogP contribution in [0.2, 0.25) is 0 Å². The molecule has 0 heterocycles. The highest BCUT2D eigenvalue weighted by molar-refractivity contribution is 7.99. The summed E-state index contributed by atoms with van der Waals surface area (Å²) in [6.45, 7) is 2.10. The number of nitrogens with two attached hydrogens (primary N) is 1. The lowest BCUT2D eigenvalue weighted by Crippen LogP contribution is -2.27. The van der Waals surface area contributed by atoms with Crippen molar-refractivity contribution in [2.24, 2.45) is 0 Å². The van der Waals surface area contributed by atoms with Gasteiger partial charge in [0.05, 0.1) is 5.75 Å². The highest BCUT2D eigenvalue weighted by Crippen LogP contribution is 2.19. The molecule has 0 saturated carbocycles. The maximum absolute atomic E-state index is 12.2. The molecule has 0 atom stereocenters. The third-order valence-electron chi connectivity index (χ3n) is 3.40. The van der Waals surface area contributed by atoms with Crippen molar-refractivity contribution in [3.8, 4) is 0 Å². The Morgan fingerprint density at radius 2 is 1.81 bits per heavy atom. The largest absolute Gasteiger partial charge is 0.399 e. The third-order valence-corrected chi connectivity index (χ3v) is 4.37. The van der Waals surface area contributed by atoms with Gasteiger partial charge in [0.2, 0.25) is 5.91 Å². The van der Waals surface area contributed by atoms with E-state index in [0.29, 0.717) is 11.4 Å². The van der Waals surface area contributed by atoms with Crippen LogP contribution in [0.5, 0.6) is 0 Å². The fraction of sp³-hybridized carbons (Fsp3) is 0.235. The minimum atomic E-state index is 0.0957. The molecule has 0 aromatic heterocycles. The maximum atomic E-state index is 12.2. The second kappa shape index (κ2) is 7.18. The molecule has 2 N–H and O–H groups in total. The molecule has 0 radical (unpaired) electrons. The van der Waals surface area contributed by atoms with Gasteiger partial charge in [-0.3, -0.25) is 4.79 Å². The van der Waals surface area contributed by atoms with Crippen LogP contribution in [-0.4, -0.2) is 18.7 Å². The van der Waals surface area contributed by atoms with E-state index in [2.05, 4.69) is 19.1 Å².